The highest BCUT2D eigenvalue weighted by atomic mass is 33.1. The van der Waals surface area contributed by atoms with Crippen molar-refractivity contribution in [3.8, 4) is 0 Å². The molecule has 0 bridgehead atoms. The molecule has 3 aromatic rings. The van der Waals surface area contributed by atoms with Crippen LogP contribution in [0.1, 0.15) is 62.5 Å². The zero-order valence-electron chi connectivity index (χ0n) is 42.2. The maximum atomic E-state index is 14.6. The number of carbonyl (C=O) groups excluding carboxylic acids is 11. The van der Waals surface area contributed by atoms with Crippen LogP contribution in [-0.2, 0) is 65.6 Å². The molecule has 0 aromatic heterocycles. The van der Waals surface area contributed by atoms with Crippen molar-refractivity contribution in [3.63, 3.8) is 0 Å². The molecule has 0 radical (unpaired) electrons. The van der Waals surface area contributed by atoms with Gasteiger partial charge in [0, 0.05) is 50.3 Å². The first-order valence-electron chi connectivity index (χ1n) is 24.8. The lowest BCUT2D eigenvalue weighted by molar-refractivity contribution is -0.142. The van der Waals surface area contributed by atoms with Gasteiger partial charge in [-0.05, 0) is 54.0 Å². The molecule has 27 heteroatoms. The Morgan fingerprint density at radius 2 is 1.35 bits per heavy atom. The van der Waals surface area contributed by atoms with E-state index in [0.717, 1.165) is 37.9 Å². The fraction of sp³-hybridized carbons (Fsp3) is 0.440. The number of amides is 11. The Balaban J connectivity index is 1.47. The third-order valence-corrected chi connectivity index (χ3v) is 14.8. The summed E-state index contributed by atoms with van der Waals surface area (Å²) in [7, 11) is 2.24. The first-order chi connectivity index (χ1) is 36.8. The second-order valence-electron chi connectivity index (χ2n) is 18.3. The zero-order chi connectivity index (χ0) is 56.0. The lowest BCUT2D eigenvalue weighted by Crippen LogP contribution is -2.61. The molecule has 2 saturated heterocycles. The van der Waals surface area contributed by atoms with Crippen LogP contribution in [0.4, 0.5) is 0 Å². The number of hydrogen-bond acceptors (Lipinski definition) is 14. The quantitative estimate of drug-likeness (QED) is 0.0248. The van der Waals surface area contributed by atoms with Crippen LogP contribution in [-0.4, -0.2) is 149 Å². The van der Waals surface area contributed by atoms with Crippen LogP contribution in [0.15, 0.2) is 77.8 Å². The van der Waals surface area contributed by atoms with Gasteiger partial charge in [0.15, 0.2) is 5.96 Å². The van der Waals surface area contributed by atoms with Crippen molar-refractivity contribution in [2.45, 2.75) is 107 Å². The summed E-state index contributed by atoms with van der Waals surface area (Å²) in [5.74, 6) is -9.46. The van der Waals surface area contributed by atoms with Gasteiger partial charge in [0.25, 0.3) is 0 Å². The number of likely N-dealkylation sites (tertiary alicyclic amines) is 1. The first kappa shape index (κ1) is 59.9. The van der Waals surface area contributed by atoms with Crippen LogP contribution in [0.2, 0.25) is 0 Å². The molecule has 2 aliphatic rings. The van der Waals surface area contributed by atoms with E-state index in [1.165, 1.54) is 4.90 Å². The fourth-order valence-corrected chi connectivity index (χ4v) is 10.8. The van der Waals surface area contributed by atoms with Crippen molar-refractivity contribution in [1.29, 1.82) is 0 Å². The minimum Gasteiger partial charge on any atom is -0.370 e. The van der Waals surface area contributed by atoms with Gasteiger partial charge in [-0.2, -0.15) is 0 Å². The Morgan fingerprint density at radius 3 is 2.05 bits per heavy atom. The number of nitrogens with one attached hydrogen (secondary N) is 7. The van der Waals surface area contributed by atoms with Crippen LogP contribution in [0, 0.1) is 0 Å². The molecule has 414 valence electrons. The topological polar surface area (TPSA) is 418 Å². The van der Waals surface area contributed by atoms with Gasteiger partial charge in [-0.15, -0.1) is 0 Å². The summed E-state index contributed by atoms with van der Waals surface area (Å²) in [5.41, 5.74) is 28.5. The summed E-state index contributed by atoms with van der Waals surface area (Å²) in [4.78, 5) is 154. The second-order valence-corrected chi connectivity index (χ2v) is 20.9. The maximum Gasteiger partial charge on any atom is 0.246 e. The number of primary amides is 3. The summed E-state index contributed by atoms with van der Waals surface area (Å²) in [6, 6.07) is 11.9. The Hall–Kier alpha value is -7.94. The number of hydrogen-bond donors (Lipinski definition) is 12. The van der Waals surface area contributed by atoms with Crippen LogP contribution in [0.5, 0.6) is 0 Å². The van der Waals surface area contributed by atoms with E-state index in [0.29, 0.717) is 12.0 Å². The molecule has 0 spiro atoms. The molecule has 0 saturated carbocycles. The lowest BCUT2D eigenvalue weighted by Gasteiger charge is -2.31. The van der Waals surface area contributed by atoms with Crippen molar-refractivity contribution in [2.75, 3.05) is 31.1 Å². The van der Waals surface area contributed by atoms with Crippen molar-refractivity contribution in [1.82, 2.24) is 42.1 Å². The van der Waals surface area contributed by atoms with Gasteiger partial charge in [-0.3, -0.25) is 57.7 Å². The van der Waals surface area contributed by atoms with E-state index in [9.17, 15) is 52.7 Å². The van der Waals surface area contributed by atoms with Gasteiger partial charge >= 0.3 is 0 Å². The molecule has 3 aromatic carbocycles. The van der Waals surface area contributed by atoms with Crippen molar-refractivity contribution in [3.05, 3.63) is 83.9 Å². The van der Waals surface area contributed by atoms with Crippen molar-refractivity contribution in [2.24, 2.45) is 33.7 Å². The molecule has 5 rings (SSSR count). The predicted octanol–water partition coefficient (Wildman–Crippen LogP) is -2.89. The number of benzene rings is 3. The maximum absolute atomic E-state index is 14.6. The third-order valence-electron chi connectivity index (χ3n) is 12.4. The summed E-state index contributed by atoms with van der Waals surface area (Å²) >= 11 is 0. The largest absolute Gasteiger partial charge is 0.370 e. The van der Waals surface area contributed by atoms with Crippen LogP contribution >= 0.6 is 21.6 Å². The SMILES string of the molecule is NC(=O)CC[C@@H]1NC(=O)[C@H](Cc2ccccc2)NC(=O)[C@H](Cc2cccc3ccccc23)NC(=O)CCSSC[C@@H](C(=O)N2CCC[C@H]2C(=O)N[C@@H](CCCN=C(N)N)C(=O)NCC(N)=O)NC(=O)[C@H](CC(N)=O)NC1=O. The van der Waals surface area contributed by atoms with E-state index >= 15 is 0 Å². The minimum atomic E-state index is -1.76. The molecule has 2 heterocycles. The molecule has 0 unspecified atom stereocenters. The van der Waals surface area contributed by atoms with Crippen LogP contribution in [0.25, 0.3) is 10.8 Å². The number of fused-ring (bicyclic) bond motifs is 1. The van der Waals surface area contributed by atoms with Crippen molar-refractivity contribution < 1.29 is 52.7 Å². The third kappa shape index (κ3) is 19.3. The van der Waals surface area contributed by atoms with Gasteiger partial charge in [0.05, 0.1) is 13.0 Å². The standard InChI is InChI=1S/C50H66N14O11S2/c51-39(65)18-17-33-44(70)62-36(25-40(52)66)47(73)63-37(49(75)64-21-8-16-38(64)48(74)60-32(15-7-20-56-50(54)55)43(69)57-26-41(53)67)27-77-76-22-19-42(68)58-35(24-30-13-6-12-29-11-4-5-14-31(29)30)46(72)61-34(45(71)59-33)23-28-9-2-1-3-10-28/h1-6,9-14,32-38H,7-8,15-27H2,(H2,51,65)(H2,52,66)(H2,53,67)(H,57,69)(H,58,68)(H,59,71)(H,60,74)(H,61,72)(H,62,70)(H,63,73)(H4,54,55,56)/t32-,33-,34-,35-,36-,37-,38-/m0/s1. The van der Waals surface area contributed by atoms with Gasteiger partial charge in [0.1, 0.15) is 42.3 Å². The highest BCUT2D eigenvalue weighted by molar-refractivity contribution is 8.76. The number of carbonyl (C=O) groups is 11. The molecule has 2 fully saturated rings. The fourth-order valence-electron chi connectivity index (χ4n) is 8.61. The lowest BCUT2D eigenvalue weighted by atomic mass is 9.97. The Bertz CT molecular complexity index is 2670. The smallest absolute Gasteiger partial charge is 0.246 e. The van der Waals surface area contributed by atoms with Crippen LogP contribution in [0.3, 0.4) is 0 Å². The van der Waals surface area contributed by atoms with E-state index < -0.39 is 133 Å². The Labute approximate surface area is 451 Å². The predicted molar refractivity (Wildman–Crippen MR) is 288 cm³/mol. The van der Waals surface area contributed by atoms with Gasteiger partial charge in [-0.25, -0.2) is 0 Å². The van der Waals surface area contributed by atoms with E-state index in [-0.39, 0.29) is 69.1 Å². The Kier molecular flexibility index (Phi) is 23.3. The van der Waals surface area contributed by atoms with Gasteiger partial charge in [0.2, 0.25) is 65.0 Å². The molecule has 0 aliphatic carbocycles. The number of aliphatic imine (C=N–C) groups is 1. The number of nitrogens with two attached hydrogens (primary N) is 5. The minimum absolute atomic E-state index is 0.00691. The molecule has 17 N–H and O–H groups in total. The normalized spacial score (nSPS) is 21.4. The van der Waals surface area contributed by atoms with Gasteiger partial charge in [-0.1, -0.05) is 94.4 Å². The van der Waals surface area contributed by atoms with E-state index in [4.69, 9.17) is 28.7 Å². The highest BCUT2D eigenvalue weighted by Crippen LogP contribution is 2.26. The molecule has 2 aliphatic heterocycles. The second kappa shape index (κ2) is 30.0. The van der Waals surface area contributed by atoms with E-state index in [2.05, 4.69) is 42.2 Å². The molecular formula is C50H66N14O11S2. The molecule has 11 amide bonds. The first-order valence-corrected chi connectivity index (χ1v) is 27.3. The highest BCUT2D eigenvalue weighted by Gasteiger charge is 2.40. The van der Waals surface area contributed by atoms with Crippen molar-refractivity contribution >= 4 is 103 Å². The summed E-state index contributed by atoms with van der Waals surface area (Å²) in [5, 5.41) is 19.9. The van der Waals surface area contributed by atoms with Gasteiger partial charge < -0.3 is 70.8 Å². The average Bonchev–Trinajstić information content (AvgIpc) is 3.89. The summed E-state index contributed by atoms with van der Waals surface area (Å²) < 4.78 is 0. The number of nitrogens with zero attached hydrogens (tertiary/aromatic N) is 2. The zero-order valence-corrected chi connectivity index (χ0v) is 43.8. The number of guanidine groups is 1. The molecule has 25 nitrogen and oxygen atoms in total. The number of rotatable bonds is 19. The van der Waals surface area contributed by atoms with E-state index in [1.54, 1.807) is 30.3 Å². The van der Waals surface area contributed by atoms with E-state index in [1.807, 2.05) is 42.5 Å². The Morgan fingerprint density at radius 1 is 0.701 bits per heavy atom. The summed E-state index contributed by atoms with van der Waals surface area (Å²) in [6.45, 7) is -0.383. The average molecular weight is 1100 g/mol. The van der Waals surface area contributed by atoms with Crippen LogP contribution < -0.4 is 65.9 Å². The molecular weight excluding hydrogens is 1040 g/mol. The molecule has 77 heavy (non-hydrogen) atoms. The summed E-state index contributed by atoms with van der Waals surface area (Å²) in [6.07, 6.45) is -1.14. The monoisotopic (exact) mass is 1100 g/mol. The molecule has 7 atom stereocenters.